The highest BCUT2D eigenvalue weighted by molar-refractivity contribution is 4.72. The van der Waals surface area contributed by atoms with E-state index in [0.717, 1.165) is 32.8 Å². The lowest BCUT2D eigenvalue weighted by molar-refractivity contribution is -0.0269. The minimum absolute atomic E-state index is 0.377. The van der Waals surface area contributed by atoms with Crippen molar-refractivity contribution < 1.29 is 4.74 Å². The monoisotopic (exact) mass is 229 g/mol. The molecule has 0 radical (unpaired) electrons. The van der Waals surface area contributed by atoms with Crippen LogP contribution in [-0.2, 0) is 4.74 Å². The zero-order chi connectivity index (χ0) is 11.8. The predicted molar refractivity (Wildman–Crippen MR) is 67.9 cm³/mol. The van der Waals surface area contributed by atoms with E-state index < -0.39 is 0 Å². The van der Waals surface area contributed by atoms with Crippen molar-refractivity contribution in [1.82, 2.24) is 15.1 Å². The lowest BCUT2D eigenvalue weighted by Crippen LogP contribution is -2.46. The molecule has 1 aliphatic heterocycles. The number of nitrogens with zero attached hydrogens (tertiary/aromatic N) is 2. The summed E-state index contributed by atoms with van der Waals surface area (Å²) in [5, 5.41) is 3.18. The van der Waals surface area contributed by atoms with Crippen LogP contribution in [0.25, 0.3) is 0 Å². The molecule has 4 heteroatoms. The molecule has 0 bridgehead atoms. The number of hydrogen-bond acceptors (Lipinski definition) is 4. The Bertz CT molecular complexity index is 176. The van der Waals surface area contributed by atoms with Crippen LogP contribution in [0.2, 0.25) is 0 Å². The van der Waals surface area contributed by atoms with E-state index in [0.29, 0.717) is 6.10 Å². The second kappa shape index (κ2) is 8.01. The number of rotatable bonds is 7. The molecule has 0 spiro atoms. The van der Waals surface area contributed by atoms with Gasteiger partial charge in [-0.3, -0.25) is 4.90 Å². The molecule has 1 atom stereocenters. The van der Waals surface area contributed by atoms with Crippen LogP contribution in [-0.4, -0.2) is 75.9 Å². The molecule has 0 amide bonds. The Hall–Kier alpha value is -0.160. The Labute approximate surface area is 99.9 Å². The van der Waals surface area contributed by atoms with Gasteiger partial charge in [0.25, 0.3) is 0 Å². The molecule has 0 aromatic heterocycles. The lowest BCUT2D eigenvalue weighted by atomic mass is 10.2. The van der Waals surface area contributed by atoms with Crippen molar-refractivity contribution >= 4 is 0 Å². The van der Waals surface area contributed by atoms with Crippen LogP contribution in [0, 0.1) is 0 Å². The summed E-state index contributed by atoms with van der Waals surface area (Å²) in [5.41, 5.74) is 0. The van der Waals surface area contributed by atoms with E-state index in [1.54, 1.807) is 0 Å². The molecule has 0 aromatic carbocycles. The van der Waals surface area contributed by atoms with Gasteiger partial charge in [0.15, 0.2) is 0 Å². The van der Waals surface area contributed by atoms with Gasteiger partial charge in [-0.25, -0.2) is 0 Å². The Morgan fingerprint density at radius 1 is 1.50 bits per heavy atom. The van der Waals surface area contributed by atoms with Crippen LogP contribution in [0.15, 0.2) is 0 Å². The van der Waals surface area contributed by atoms with Crippen molar-refractivity contribution in [1.29, 1.82) is 0 Å². The first-order valence-electron chi connectivity index (χ1n) is 6.43. The third-order valence-corrected chi connectivity index (χ3v) is 3.21. The zero-order valence-corrected chi connectivity index (χ0v) is 11.0. The maximum absolute atomic E-state index is 5.68. The molecule has 1 fully saturated rings. The van der Waals surface area contributed by atoms with Gasteiger partial charge in [0, 0.05) is 19.6 Å². The molecule has 1 rings (SSSR count). The van der Waals surface area contributed by atoms with Gasteiger partial charge in [-0.05, 0) is 40.2 Å². The first kappa shape index (κ1) is 13.9. The van der Waals surface area contributed by atoms with Crippen molar-refractivity contribution in [3.05, 3.63) is 0 Å². The van der Waals surface area contributed by atoms with Gasteiger partial charge in [0.1, 0.15) is 0 Å². The van der Waals surface area contributed by atoms with Gasteiger partial charge in [-0.1, -0.05) is 6.92 Å². The molecular weight excluding hydrogens is 202 g/mol. The van der Waals surface area contributed by atoms with Gasteiger partial charge in [-0.15, -0.1) is 0 Å². The summed E-state index contributed by atoms with van der Waals surface area (Å²) in [5.74, 6) is 0. The third-order valence-electron chi connectivity index (χ3n) is 3.21. The van der Waals surface area contributed by atoms with E-state index in [1.807, 2.05) is 7.05 Å². The summed E-state index contributed by atoms with van der Waals surface area (Å²) in [6.07, 6.45) is 1.64. The maximum Gasteiger partial charge on any atom is 0.0826 e. The van der Waals surface area contributed by atoms with Crippen LogP contribution in [0.3, 0.4) is 0 Å². The fourth-order valence-electron chi connectivity index (χ4n) is 2.06. The van der Waals surface area contributed by atoms with Gasteiger partial charge >= 0.3 is 0 Å². The van der Waals surface area contributed by atoms with Crippen LogP contribution in [0.1, 0.15) is 13.3 Å². The Balaban J connectivity index is 2.11. The molecule has 0 aromatic rings. The topological polar surface area (TPSA) is 27.7 Å². The van der Waals surface area contributed by atoms with E-state index >= 15 is 0 Å². The van der Waals surface area contributed by atoms with Crippen molar-refractivity contribution in [3.8, 4) is 0 Å². The van der Waals surface area contributed by atoms with E-state index in [9.17, 15) is 0 Å². The van der Waals surface area contributed by atoms with Gasteiger partial charge in [0.05, 0.1) is 12.7 Å². The molecule has 0 aliphatic carbocycles. The van der Waals surface area contributed by atoms with Crippen molar-refractivity contribution in [2.75, 3.05) is 60.0 Å². The SMILES string of the molecule is CCN(C)CCCN1CCO[C@@H](CNC)C1. The maximum atomic E-state index is 5.68. The Kier molecular flexibility index (Phi) is 6.96. The molecule has 96 valence electrons. The van der Waals surface area contributed by atoms with E-state index in [-0.39, 0.29) is 0 Å². The van der Waals surface area contributed by atoms with E-state index in [4.69, 9.17) is 4.74 Å². The quantitative estimate of drug-likeness (QED) is 0.677. The fourth-order valence-corrected chi connectivity index (χ4v) is 2.06. The molecule has 1 N–H and O–H groups in total. The highest BCUT2D eigenvalue weighted by Crippen LogP contribution is 2.05. The molecule has 0 saturated carbocycles. The summed E-state index contributed by atoms with van der Waals surface area (Å²) in [6, 6.07) is 0. The molecule has 16 heavy (non-hydrogen) atoms. The van der Waals surface area contributed by atoms with Gasteiger partial charge in [0.2, 0.25) is 0 Å². The Morgan fingerprint density at radius 2 is 2.31 bits per heavy atom. The number of hydrogen-bond donors (Lipinski definition) is 1. The molecular formula is C12H27N3O. The average molecular weight is 229 g/mol. The smallest absolute Gasteiger partial charge is 0.0826 e. The Morgan fingerprint density at radius 3 is 3.00 bits per heavy atom. The summed E-state index contributed by atoms with van der Waals surface area (Å²) in [7, 11) is 4.17. The molecule has 0 unspecified atom stereocenters. The normalized spacial score (nSPS) is 22.9. The van der Waals surface area contributed by atoms with Crippen LogP contribution >= 0.6 is 0 Å². The summed E-state index contributed by atoms with van der Waals surface area (Å²) in [4.78, 5) is 4.89. The largest absolute Gasteiger partial charge is 0.374 e. The summed E-state index contributed by atoms with van der Waals surface area (Å²) >= 11 is 0. The first-order valence-corrected chi connectivity index (χ1v) is 6.43. The predicted octanol–water partition coefficient (Wildman–Crippen LogP) is 0.248. The van der Waals surface area contributed by atoms with E-state index in [1.165, 1.54) is 19.5 Å². The highest BCUT2D eigenvalue weighted by atomic mass is 16.5. The number of morpholine rings is 1. The second-order valence-electron chi connectivity index (χ2n) is 4.60. The molecule has 1 aliphatic rings. The molecule has 1 saturated heterocycles. The van der Waals surface area contributed by atoms with Gasteiger partial charge in [-0.2, -0.15) is 0 Å². The van der Waals surface area contributed by atoms with Crippen LogP contribution in [0.5, 0.6) is 0 Å². The summed E-state index contributed by atoms with van der Waals surface area (Å²) in [6.45, 7) is 9.77. The average Bonchev–Trinajstić information content (AvgIpc) is 2.30. The highest BCUT2D eigenvalue weighted by Gasteiger charge is 2.19. The first-order chi connectivity index (χ1) is 7.76. The molecule has 1 heterocycles. The zero-order valence-electron chi connectivity index (χ0n) is 11.0. The number of ether oxygens (including phenoxy) is 1. The minimum atomic E-state index is 0.377. The standard InChI is InChI=1S/C12H27N3O/c1-4-14(3)6-5-7-15-8-9-16-12(11-15)10-13-2/h12-13H,4-11H2,1-3H3/t12-/m0/s1. The van der Waals surface area contributed by atoms with Crippen LogP contribution < -0.4 is 5.32 Å². The lowest BCUT2D eigenvalue weighted by Gasteiger charge is -2.33. The minimum Gasteiger partial charge on any atom is -0.374 e. The second-order valence-corrected chi connectivity index (χ2v) is 4.60. The van der Waals surface area contributed by atoms with Crippen molar-refractivity contribution in [2.24, 2.45) is 0 Å². The van der Waals surface area contributed by atoms with Crippen molar-refractivity contribution in [2.45, 2.75) is 19.4 Å². The van der Waals surface area contributed by atoms with Gasteiger partial charge < -0.3 is 15.0 Å². The number of likely N-dealkylation sites (N-methyl/N-ethyl adjacent to an activating group) is 1. The molecule has 4 nitrogen and oxygen atoms in total. The number of nitrogens with one attached hydrogen (secondary N) is 1. The summed E-state index contributed by atoms with van der Waals surface area (Å²) < 4.78 is 5.68. The third kappa shape index (κ3) is 5.25. The van der Waals surface area contributed by atoms with Crippen LogP contribution in [0.4, 0.5) is 0 Å². The van der Waals surface area contributed by atoms with E-state index in [2.05, 4.69) is 29.1 Å². The fraction of sp³-hybridized carbons (Fsp3) is 1.00. The van der Waals surface area contributed by atoms with Crippen molar-refractivity contribution in [3.63, 3.8) is 0 Å².